The quantitative estimate of drug-likeness (QED) is 0.777. The van der Waals surface area contributed by atoms with Crippen molar-refractivity contribution in [3.05, 3.63) is 47.7 Å². The molecule has 0 amide bonds. The third-order valence-corrected chi connectivity index (χ3v) is 3.82. The van der Waals surface area contributed by atoms with Gasteiger partial charge in [-0.05, 0) is 37.6 Å². The molecule has 0 bridgehead atoms. The van der Waals surface area contributed by atoms with Crippen LogP contribution in [0.1, 0.15) is 31.7 Å². The summed E-state index contributed by atoms with van der Waals surface area (Å²) in [6.45, 7) is 3.62. The third-order valence-electron chi connectivity index (χ3n) is 3.82. The molecule has 0 radical (unpaired) electrons. The Morgan fingerprint density at radius 2 is 1.92 bits per heavy atom. The summed E-state index contributed by atoms with van der Waals surface area (Å²) in [5.74, 6) is -0.531. The van der Waals surface area contributed by atoms with Crippen LogP contribution in [-0.2, 0) is 12.7 Å². The molecule has 0 saturated heterocycles. The molecule has 0 aromatic carbocycles. The van der Waals surface area contributed by atoms with Gasteiger partial charge in [0.15, 0.2) is 0 Å². The first-order chi connectivity index (χ1) is 11.7. The lowest BCUT2D eigenvalue weighted by Crippen LogP contribution is -2.37. The van der Waals surface area contributed by atoms with Gasteiger partial charge in [0.2, 0.25) is 0 Å². The van der Waals surface area contributed by atoms with E-state index in [2.05, 4.69) is 15.3 Å². The summed E-state index contributed by atoms with van der Waals surface area (Å²) in [4.78, 5) is 7.54. The van der Waals surface area contributed by atoms with E-state index in [1.54, 1.807) is 6.92 Å². The summed E-state index contributed by atoms with van der Waals surface area (Å²) in [5, 5.41) is 12.6. The maximum Gasteiger partial charge on any atom is 0.433 e. The van der Waals surface area contributed by atoms with Crippen LogP contribution in [0.2, 0.25) is 0 Å². The number of pyridine rings is 2. The zero-order chi connectivity index (χ0) is 18.6. The molecule has 4 nitrogen and oxygen atoms in total. The lowest BCUT2D eigenvalue weighted by atomic mass is 10.1. The van der Waals surface area contributed by atoms with E-state index >= 15 is 0 Å². The van der Waals surface area contributed by atoms with E-state index in [1.807, 2.05) is 6.92 Å². The predicted octanol–water partition coefficient (Wildman–Crippen LogP) is 3.55. The van der Waals surface area contributed by atoms with Gasteiger partial charge in [0.25, 0.3) is 0 Å². The Kier molecular flexibility index (Phi) is 6.07. The van der Waals surface area contributed by atoms with E-state index in [0.717, 1.165) is 12.3 Å². The zero-order valence-electron chi connectivity index (χ0n) is 13.8. The number of hydrogen-bond acceptors (Lipinski definition) is 4. The van der Waals surface area contributed by atoms with Gasteiger partial charge in [-0.25, -0.2) is 9.37 Å². The fraction of sp³-hybridized carbons (Fsp3) is 0.412. The standard InChI is InChI=1S/C17H19F4N3O/c1-3-13(10(2)25)22-9-15-12(18)5-6-14(24-15)11-4-7-16(23-8-11)17(19,20)21/h4-8,10,13,22,25H,3,9H2,1-2H3/t10?,13-/m1/s1. The Morgan fingerprint density at radius 3 is 2.44 bits per heavy atom. The van der Waals surface area contributed by atoms with Crippen LogP contribution in [0, 0.1) is 5.82 Å². The van der Waals surface area contributed by atoms with Crippen LogP contribution in [0.25, 0.3) is 11.3 Å². The highest BCUT2D eigenvalue weighted by molar-refractivity contribution is 5.58. The summed E-state index contributed by atoms with van der Waals surface area (Å²) in [5.41, 5.74) is -0.194. The molecule has 1 unspecified atom stereocenters. The highest BCUT2D eigenvalue weighted by Crippen LogP contribution is 2.28. The number of rotatable bonds is 6. The highest BCUT2D eigenvalue weighted by atomic mass is 19.4. The molecule has 0 fully saturated rings. The summed E-state index contributed by atoms with van der Waals surface area (Å²) >= 11 is 0. The molecule has 2 atom stereocenters. The largest absolute Gasteiger partial charge is 0.433 e. The minimum absolute atomic E-state index is 0.0944. The van der Waals surface area contributed by atoms with Gasteiger partial charge in [0.1, 0.15) is 11.5 Å². The second-order valence-corrected chi connectivity index (χ2v) is 5.69. The van der Waals surface area contributed by atoms with Crippen LogP contribution in [0.4, 0.5) is 17.6 Å². The normalized spacial score (nSPS) is 14.4. The van der Waals surface area contributed by atoms with E-state index < -0.39 is 23.8 Å². The van der Waals surface area contributed by atoms with E-state index in [-0.39, 0.29) is 18.3 Å². The Morgan fingerprint density at radius 1 is 1.20 bits per heavy atom. The molecule has 0 saturated carbocycles. The first-order valence-electron chi connectivity index (χ1n) is 7.83. The molecule has 0 aliphatic carbocycles. The third kappa shape index (κ3) is 4.96. The van der Waals surface area contributed by atoms with Crippen LogP contribution in [-0.4, -0.2) is 27.2 Å². The Labute approximate surface area is 142 Å². The molecule has 2 rings (SSSR count). The molecule has 2 aromatic heterocycles. The number of aromatic nitrogens is 2. The van der Waals surface area contributed by atoms with Gasteiger partial charge in [0, 0.05) is 24.3 Å². The molecule has 0 spiro atoms. The Bertz CT molecular complexity index is 702. The number of hydrogen-bond donors (Lipinski definition) is 2. The van der Waals surface area contributed by atoms with Crippen molar-refractivity contribution in [2.24, 2.45) is 0 Å². The van der Waals surface area contributed by atoms with E-state index in [4.69, 9.17) is 0 Å². The van der Waals surface area contributed by atoms with E-state index in [9.17, 15) is 22.7 Å². The van der Waals surface area contributed by atoms with Gasteiger partial charge in [-0.15, -0.1) is 0 Å². The fourth-order valence-electron chi connectivity index (χ4n) is 2.37. The average Bonchev–Trinajstić information content (AvgIpc) is 2.56. The van der Waals surface area contributed by atoms with Crippen LogP contribution >= 0.6 is 0 Å². The highest BCUT2D eigenvalue weighted by Gasteiger charge is 2.32. The smallest absolute Gasteiger partial charge is 0.392 e. The van der Waals surface area contributed by atoms with Crippen LogP contribution in [0.5, 0.6) is 0 Å². The molecule has 0 aliphatic heterocycles. The summed E-state index contributed by atoms with van der Waals surface area (Å²) in [7, 11) is 0. The van der Waals surface area contributed by atoms with E-state index in [1.165, 1.54) is 18.2 Å². The lowest BCUT2D eigenvalue weighted by molar-refractivity contribution is -0.141. The van der Waals surface area contributed by atoms with Gasteiger partial charge in [-0.2, -0.15) is 13.2 Å². The maximum absolute atomic E-state index is 13.9. The summed E-state index contributed by atoms with van der Waals surface area (Å²) in [6.07, 6.45) is -3.40. The Hall–Kier alpha value is -2.06. The van der Waals surface area contributed by atoms with Crippen molar-refractivity contribution < 1.29 is 22.7 Å². The lowest BCUT2D eigenvalue weighted by Gasteiger charge is -2.19. The van der Waals surface area contributed by atoms with Gasteiger partial charge in [-0.3, -0.25) is 4.98 Å². The minimum atomic E-state index is -4.51. The maximum atomic E-state index is 13.9. The summed E-state index contributed by atoms with van der Waals surface area (Å²) in [6, 6.07) is 4.49. The number of halogens is 4. The predicted molar refractivity (Wildman–Crippen MR) is 85.0 cm³/mol. The fourth-order valence-corrected chi connectivity index (χ4v) is 2.37. The van der Waals surface area contributed by atoms with Crippen molar-refractivity contribution in [2.45, 2.75) is 45.1 Å². The van der Waals surface area contributed by atoms with Crippen molar-refractivity contribution in [1.29, 1.82) is 0 Å². The molecule has 25 heavy (non-hydrogen) atoms. The molecule has 136 valence electrons. The number of aliphatic hydroxyl groups is 1. The topological polar surface area (TPSA) is 58.0 Å². The monoisotopic (exact) mass is 357 g/mol. The number of nitrogens with zero attached hydrogens (tertiary/aromatic N) is 2. The molecule has 2 aromatic rings. The second-order valence-electron chi connectivity index (χ2n) is 5.69. The summed E-state index contributed by atoms with van der Waals surface area (Å²) < 4.78 is 51.6. The van der Waals surface area contributed by atoms with E-state index in [0.29, 0.717) is 17.7 Å². The molecule has 0 aliphatic rings. The van der Waals surface area contributed by atoms with Crippen molar-refractivity contribution in [3.8, 4) is 11.3 Å². The van der Waals surface area contributed by atoms with Gasteiger partial charge >= 0.3 is 6.18 Å². The molecule has 2 N–H and O–H groups in total. The average molecular weight is 357 g/mol. The van der Waals surface area contributed by atoms with Gasteiger partial charge in [-0.1, -0.05) is 6.92 Å². The minimum Gasteiger partial charge on any atom is -0.392 e. The Balaban J connectivity index is 2.20. The van der Waals surface area contributed by atoms with Crippen LogP contribution < -0.4 is 5.32 Å². The molecular formula is C17H19F4N3O. The van der Waals surface area contributed by atoms with Crippen molar-refractivity contribution >= 4 is 0 Å². The van der Waals surface area contributed by atoms with Gasteiger partial charge in [0.05, 0.1) is 17.5 Å². The first kappa shape index (κ1) is 19.3. The van der Waals surface area contributed by atoms with Crippen molar-refractivity contribution in [2.75, 3.05) is 0 Å². The van der Waals surface area contributed by atoms with Crippen molar-refractivity contribution in [3.63, 3.8) is 0 Å². The van der Waals surface area contributed by atoms with Gasteiger partial charge < -0.3 is 10.4 Å². The second kappa shape index (κ2) is 7.88. The molecular weight excluding hydrogens is 338 g/mol. The number of aliphatic hydroxyl groups excluding tert-OH is 1. The van der Waals surface area contributed by atoms with Crippen molar-refractivity contribution in [1.82, 2.24) is 15.3 Å². The van der Waals surface area contributed by atoms with Crippen LogP contribution in [0.3, 0.4) is 0 Å². The first-order valence-corrected chi connectivity index (χ1v) is 7.83. The van der Waals surface area contributed by atoms with Crippen LogP contribution in [0.15, 0.2) is 30.5 Å². The zero-order valence-corrected chi connectivity index (χ0v) is 13.8. The SMILES string of the molecule is CC[C@@H](NCc1nc(-c2ccc(C(F)(F)F)nc2)ccc1F)C(C)O. The molecule has 2 heterocycles. The number of alkyl halides is 3. The molecule has 8 heteroatoms. The number of nitrogens with one attached hydrogen (secondary N) is 1.